The van der Waals surface area contributed by atoms with E-state index < -0.39 is 0 Å². The lowest BCUT2D eigenvalue weighted by molar-refractivity contribution is 0.0731. The van der Waals surface area contributed by atoms with Gasteiger partial charge < -0.3 is 4.74 Å². The van der Waals surface area contributed by atoms with Gasteiger partial charge in [0.2, 0.25) is 0 Å². The Labute approximate surface area is 121 Å². The zero-order valence-electron chi connectivity index (χ0n) is 12.2. The summed E-state index contributed by atoms with van der Waals surface area (Å²) in [5, 5.41) is 9.45. The normalized spacial score (nSPS) is 18.6. The SMILES string of the molecule is CCOCCN1CCN([C@@H](C#N)c2ccccc2)CC1. The molecule has 1 saturated heterocycles. The summed E-state index contributed by atoms with van der Waals surface area (Å²) >= 11 is 0. The van der Waals surface area contributed by atoms with Gasteiger partial charge >= 0.3 is 0 Å². The van der Waals surface area contributed by atoms with Crippen molar-refractivity contribution in [3.8, 4) is 6.07 Å². The Bertz CT molecular complexity index is 421. The zero-order valence-corrected chi connectivity index (χ0v) is 12.2. The molecule has 0 spiro atoms. The molecule has 20 heavy (non-hydrogen) atoms. The average molecular weight is 273 g/mol. The van der Waals surface area contributed by atoms with E-state index in [9.17, 15) is 5.26 Å². The van der Waals surface area contributed by atoms with E-state index in [1.54, 1.807) is 0 Å². The van der Waals surface area contributed by atoms with Crippen LogP contribution in [-0.4, -0.2) is 55.7 Å². The van der Waals surface area contributed by atoms with Crippen molar-refractivity contribution in [1.82, 2.24) is 9.80 Å². The number of ether oxygens (including phenoxy) is 1. The second-order valence-corrected chi connectivity index (χ2v) is 5.02. The highest BCUT2D eigenvalue weighted by atomic mass is 16.5. The van der Waals surface area contributed by atoms with Crippen LogP contribution < -0.4 is 0 Å². The molecular formula is C16H23N3O. The molecule has 1 heterocycles. The molecule has 0 unspecified atom stereocenters. The zero-order chi connectivity index (χ0) is 14.2. The summed E-state index contributed by atoms with van der Waals surface area (Å²) in [7, 11) is 0. The van der Waals surface area contributed by atoms with Crippen LogP contribution in [0.1, 0.15) is 18.5 Å². The number of nitrogens with zero attached hydrogens (tertiary/aromatic N) is 3. The first-order valence-electron chi connectivity index (χ1n) is 7.34. The number of hydrogen-bond donors (Lipinski definition) is 0. The van der Waals surface area contributed by atoms with Gasteiger partial charge in [-0.25, -0.2) is 0 Å². The quantitative estimate of drug-likeness (QED) is 0.742. The minimum Gasteiger partial charge on any atom is -0.380 e. The Kier molecular flexibility index (Phi) is 6.00. The lowest BCUT2D eigenvalue weighted by atomic mass is 10.1. The van der Waals surface area contributed by atoms with Crippen LogP contribution in [0, 0.1) is 11.3 Å². The molecule has 4 heteroatoms. The van der Waals surface area contributed by atoms with Gasteiger partial charge in [-0.15, -0.1) is 0 Å². The highest BCUT2D eigenvalue weighted by Gasteiger charge is 2.24. The van der Waals surface area contributed by atoms with Crippen LogP contribution in [0.4, 0.5) is 0 Å². The van der Waals surface area contributed by atoms with Crippen LogP contribution in [0.5, 0.6) is 0 Å². The predicted octanol–water partition coefficient (Wildman–Crippen LogP) is 1.91. The molecule has 108 valence electrons. The van der Waals surface area contributed by atoms with Crippen molar-refractivity contribution in [3.63, 3.8) is 0 Å². The molecule has 0 aromatic heterocycles. The molecule has 1 atom stereocenters. The van der Waals surface area contributed by atoms with Crippen LogP contribution in [0.3, 0.4) is 0 Å². The third-order valence-electron chi connectivity index (χ3n) is 3.77. The van der Waals surface area contributed by atoms with Crippen molar-refractivity contribution >= 4 is 0 Å². The summed E-state index contributed by atoms with van der Waals surface area (Å²) in [5.41, 5.74) is 1.10. The Morgan fingerprint density at radius 3 is 2.50 bits per heavy atom. The molecular weight excluding hydrogens is 250 g/mol. The third kappa shape index (κ3) is 4.04. The van der Waals surface area contributed by atoms with E-state index in [1.807, 2.05) is 37.3 Å². The van der Waals surface area contributed by atoms with E-state index in [-0.39, 0.29) is 6.04 Å². The number of nitriles is 1. The summed E-state index contributed by atoms with van der Waals surface area (Å²) in [6, 6.07) is 12.4. The van der Waals surface area contributed by atoms with Crippen LogP contribution >= 0.6 is 0 Å². The molecule has 0 aliphatic carbocycles. The Morgan fingerprint density at radius 2 is 1.90 bits per heavy atom. The smallest absolute Gasteiger partial charge is 0.123 e. The summed E-state index contributed by atoms with van der Waals surface area (Å²) in [4.78, 5) is 4.68. The van der Waals surface area contributed by atoms with Gasteiger partial charge in [0.05, 0.1) is 12.7 Å². The fourth-order valence-corrected chi connectivity index (χ4v) is 2.59. The Morgan fingerprint density at radius 1 is 1.20 bits per heavy atom. The first kappa shape index (κ1) is 15.0. The summed E-state index contributed by atoms with van der Waals surface area (Å²) in [6.07, 6.45) is 0. The highest BCUT2D eigenvalue weighted by Crippen LogP contribution is 2.21. The topological polar surface area (TPSA) is 39.5 Å². The molecule has 1 aliphatic heterocycles. The molecule has 4 nitrogen and oxygen atoms in total. The van der Waals surface area contributed by atoms with Gasteiger partial charge in [-0.2, -0.15) is 5.26 Å². The maximum absolute atomic E-state index is 9.45. The highest BCUT2D eigenvalue weighted by molar-refractivity contribution is 5.24. The average Bonchev–Trinajstić information content (AvgIpc) is 2.51. The fraction of sp³-hybridized carbons (Fsp3) is 0.562. The van der Waals surface area contributed by atoms with Crippen molar-refractivity contribution in [1.29, 1.82) is 5.26 Å². The maximum Gasteiger partial charge on any atom is 0.123 e. The predicted molar refractivity (Wildman–Crippen MR) is 79.3 cm³/mol. The molecule has 0 saturated carbocycles. The molecule has 0 radical (unpaired) electrons. The number of benzene rings is 1. The van der Waals surface area contributed by atoms with E-state index in [4.69, 9.17) is 4.74 Å². The Balaban J connectivity index is 1.85. The molecule has 1 fully saturated rings. The van der Waals surface area contributed by atoms with Crippen LogP contribution in [-0.2, 0) is 4.74 Å². The van der Waals surface area contributed by atoms with Gasteiger partial charge in [0.1, 0.15) is 6.04 Å². The summed E-state index contributed by atoms with van der Waals surface area (Å²) in [6.45, 7) is 8.51. The molecule has 1 aromatic carbocycles. The van der Waals surface area contributed by atoms with Crippen molar-refractivity contribution in [2.24, 2.45) is 0 Å². The molecule has 2 rings (SSSR count). The third-order valence-corrected chi connectivity index (χ3v) is 3.77. The van der Waals surface area contributed by atoms with E-state index in [1.165, 1.54) is 0 Å². The van der Waals surface area contributed by atoms with Gasteiger partial charge in [-0.05, 0) is 12.5 Å². The van der Waals surface area contributed by atoms with E-state index in [0.29, 0.717) is 0 Å². The minimum atomic E-state index is -0.120. The van der Waals surface area contributed by atoms with Crippen molar-refractivity contribution in [2.45, 2.75) is 13.0 Å². The van der Waals surface area contributed by atoms with Gasteiger partial charge in [0.25, 0.3) is 0 Å². The van der Waals surface area contributed by atoms with Crippen LogP contribution in [0.15, 0.2) is 30.3 Å². The molecule has 1 aliphatic rings. The lowest BCUT2D eigenvalue weighted by Gasteiger charge is -2.36. The van der Waals surface area contributed by atoms with Gasteiger partial charge in [-0.3, -0.25) is 9.80 Å². The summed E-state index contributed by atoms with van der Waals surface area (Å²) < 4.78 is 5.39. The second-order valence-electron chi connectivity index (χ2n) is 5.02. The first-order chi connectivity index (χ1) is 9.85. The number of hydrogen-bond acceptors (Lipinski definition) is 4. The minimum absolute atomic E-state index is 0.120. The molecule has 0 amide bonds. The Hall–Kier alpha value is -1.41. The number of rotatable bonds is 6. The molecule has 1 aromatic rings. The molecule has 0 N–H and O–H groups in total. The van der Waals surface area contributed by atoms with Crippen molar-refractivity contribution in [2.75, 3.05) is 45.9 Å². The second kappa shape index (κ2) is 8.01. The fourth-order valence-electron chi connectivity index (χ4n) is 2.59. The molecule has 0 bridgehead atoms. The standard InChI is InChI=1S/C16H23N3O/c1-2-20-13-12-18-8-10-19(11-9-18)16(14-17)15-6-4-3-5-7-15/h3-7,16H,2,8-13H2,1H3/t16-/m0/s1. The largest absolute Gasteiger partial charge is 0.380 e. The van der Waals surface area contributed by atoms with E-state index >= 15 is 0 Å². The van der Waals surface area contributed by atoms with E-state index in [2.05, 4.69) is 15.9 Å². The first-order valence-corrected chi connectivity index (χ1v) is 7.34. The monoisotopic (exact) mass is 273 g/mol. The van der Waals surface area contributed by atoms with Crippen LogP contribution in [0.2, 0.25) is 0 Å². The maximum atomic E-state index is 9.45. The van der Waals surface area contributed by atoms with Crippen molar-refractivity contribution < 1.29 is 4.74 Å². The summed E-state index contributed by atoms with van der Waals surface area (Å²) in [5.74, 6) is 0. The lowest BCUT2D eigenvalue weighted by Crippen LogP contribution is -2.48. The van der Waals surface area contributed by atoms with Crippen LogP contribution in [0.25, 0.3) is 0 Å². The van der Waals surface area contributed by atoms with Crippen molar-refractivity contribution in [3.05, 3.63) is 35.9 Å². The van der Waals surface area contributed by atoms with E-state index in [0.717, 1.165) is 51.5 Å². The van der Waals surface area contributed by atoms with Gasteiger partial charge in [-0.1, -0.05) is 30.3 Å². The van der Waals surface area contributed by atoms with Gasteiger partial charge in [0.15, 0.2) is 0 Å². The van der Waals surface area contributed by atoms with Gasteiger partial charge in [0, 0.05) is 39.3 Å². The number of piperazine rings is 1.